The molecule has 0 aliphatic carbocycles. The van der Waals surface area contributed by atoms with Crippen molar-refractivity contribution >= 4 is 28.4 Å². The Balaban J connectivity index is 1.77. The molecule has 1 aliphatic rings. The third-order valence-electron chi connectivity index (χ3n) is 4.02. The van der Waals surface area contributed by atoms with Gasteiger partial charge in [-0.05, 0) is 43.7 Å². The summed E-state index contributed by atoms with van der Waals surface area (Å²) >= 11 is 6.02. The molecule has 0 spiro atoms. The molecule has 2 aromatic rings. The molecule has 0 saturated carbocycles. The second-order valence-corrected chi connectivity index (χ2v) is 6.74. The molecular weight excluding hydrogens is 331 g/mol. The molecule has 5 nitrogen and oxygen atoms in total. The first-order valence-electron chi connectivity index (χ1n) is 7.96. The summed E-state index contributed by atoms with van der Waals surface area (Å²) in [5.41, 5.74) is 4.17. The zero-order valence-electron chi connectivity index (χ0n) is 13.6. The summed E-state index contributed by atoms with van der Waals surface area (Å²) in [7, 11) is 0. The highest BCUT2D eigenvalue weighted by Gasteiger charge is 2.22. The fraction of sp³-hybridized carbons (Fsp3) is 0.412. The zero-order chi connectivity index (χ0) is 17.3. The first-order valence-corrected chi connectivity index (χ1v) is 8.33. The van der Waals surface area contributed by atoms with E-state index >= 15 is 0 Å². The predicted octanol–water partition coefficient (Wildman–Crippen LogP) is 2.28. The quantitative estimate of drug-likeness (QED) is 0.834. The lowest BCUT2D eigenvalue weighted by molar-refractivity contribution is -0.126. The van der Waals surface area contributed by atoms with Crippen LogP contribution in [0.15, 0.2) is 24.3 Å². The number of amides is 1. The minimum atomic E-state index is -0.363. The van der Waals surface area contributed by atoms with Crippen molar-refractivity contribution in [2.45, 2.75) is 32.4 Å². The van der Waals surface area contributed by atoms with Gasteiger partial charge in [-0.2, -0.15) is 0 Å². The summed E-state index contributed by atoms with van der Waals surface area (Å²) in [4.78, 5) is 16.6. The molecule has 2 N–H and O–H groups in total. The van der Waals surface area contributed by atoms with Crippen LogP contribution in [0.2, 0.25) is 5.15 Å². The Morgan fingerprint density at radius 2 is 2.08 bits per heavy atom. The van der Waals surface area contributed by atoms with Gasteiger partial charge in [0.1, 0.15) is 11.0 Å². The summed E-state index contributed by atoms with van der Waals surface area (Å²) in [6.45, 7) is 5.63. The van der Waals surface area contributed by atoms with E-state index in [4.69, 9.17) is 11.6 Å². The molecule has 3 rings (SSSR count). The minimum absolute atomic E-state index is 0.120. The Hall–Kier alpha value is -1.76. The number of carbonyl (C=O) groups excluding carboxylic acids is 1. The Bertz CT molecular complexity index is 760. The van der Waals surface area contributed by atoms with Crippen molar-refractivity contribution < 1.29 is 9.18 Å². The molecule has 0 radical (unpaired) electrons. The van der Waals surface area contributed by atoms with Crippen molar-refractivity contribution in [3.05, 3.63) is 40.8 Å². The van der Waals surface area contributed by atoms with E-state index in [2.05, 4.69) is 29.6 Å². The van der Waals surface area contributed by atoms with Crippen molar-refractivity contribution in [1.82, 2.24) is 20.7 Å². The molecule has 1 aromatic heterocycles. The van der Waals surface area contributed by atoms with Gasteiger partial charge >= 0.3 is 0 Å². The van der Waals surface area contributed by atoms with E-state index in [0.29, 0.717) is 33.7 Å². The second kappa shape index (κ2) is 7.01. The number of hydrogen-bond donors (Lipinski definition) is 2. The van der Waals surface area contributed by atoms with Crippen molar-refractivity contribution in [1.29, 1.82) is 0 Å². The lowest BCUT2D eigenvalue weighted by Crippen LogP contribution is -2.59. The normalized spacial score (nSPS) is 21.8. The van der Waals surface area contributed by atoms with Gasteiger partial charge in [0.05, 0.1) is 11.9 Å². The lowest BCUT2D eigenvalue weighted by Gasteiger charge is -2.36. The molecule has 1 aromatic carbocycles. The summed E-state index contributed by atoms with van der Waals surface area (Å²) in [6, 6.07) is 6.51. The number of piperazine rings is 1. The highest BCUT2D eigenvalue weighted by Crippen LogP contribution is 2.22. The molecule has 0 bridgehead atoms. The molecule has 7 heteroatoms. The maximum atomic E-state index is 13.5. The van der Waals surface area contributed by atoms with E-state index in [1.54, 1.807) is 12.1 Å². The van der Waals surface area contributed by atoms with Gasteiger partial charge < -0.3 is 5.32 Å². The number of rotatable bonds is 3. The van der Waals surface area contributed by atoms with Crippen molar-refractivity contribution in [2.75, 3.05) is 13.1 Å². The maximum Gasteiger partial charge on any atom is 0.238 e. The van der Waals surface area contributed by atoms with E-state index < -0.39 is 0 Å². The number of aromatic nitrogens is 1. The van der Waals surface area contributed by atoms with Crippen LogP contribution in [0.5, 0.6) is 0 Å². The third-order valence-corrected chi connectivity index (χ3v) is 4.21. The number of fused-ring (bicyclic) bond motifs is 1. The summed E-state index contributed by atoms with van der Waals surface area (Å²) in [5.74, 6) is -0.512. The van der Waals surface area contributed by atoms with Gasteiger partial charge in [0.15, 0.2) is 0 Å². The molecule has 128 valence electrons. The molecule has 1 amide bonds. The van der Waals surface area contributed by atoms with Crippen LogP contribution in [-0.2, 0) is 11.2 Å². The van der Waals surface area contributed by atoms with Gasteiger partial charge in [-0.1, -0.05) is 11.6 Å². The topological polar surface area (TPSA) is 57.3 Å². The minimum Gasteiger partial charge on any atom is -0.309 e. The highest BCUT2D eigenvalue weighted by atomic mass is 35.5. The maximum absolute atomic E-state index is 13.5. The van der Waals surface area contributed by atoms with Crippen LogP contribution in [-0.4, -0.2) is 41.1 Å². The van der Waals surface area contributed by atoms with E-state index in [1.807, 2.05) is 5.01 Å². The highest BCUT2D eigenvalue weighted by molar-refractivity contribution is 6.30. The molecule has 1 fully saturated rings. The Labute approximate surface area is 145 Å². The van der Waals surface area contributed by atoms with E-state index in [0.717, 1.165) is 13.1 Å². The third kappa shape index (κ3) is 4.01. The average Bonchev–Trinajstić information content (AvgIpc) is 2.46. The molecular formula is C17H20ClFN4O. The molecule has 1 aliphatic heterocycles. The van der Waals surface area contributed by atoms with Crippen molar-refractivity contribution in [3.8, 4) is 0 Å². The van der Waals surface area contributed by atoms with Crippen LogP contribution in [0.1, 0.15) is 19.4 Å². The number of hydrogen-bond acceptors (Lipinski definition) is 4. The fourth-order valence-electron chi connectivity index (χ4n) is 3.19. The largest absolute Gasteiger partial charge is 0.309 e. The van der Waals surface area contributed by atoms with Gasteiger partial charge in [-0.25, -0.2) is 14.4 Å². The van der Waals surface area contributed by atoms with Gasteiger partial charge in [-0.3, -0.25) is 10.2 Å². The fourth-order valence-corrected chi connectivity index (χ4v) is 3.41. The Morgan fingerprint density at radius 1 is 1.38 bits per heavy atom. The number of nitrogens with one attached hydrogen (secondary N) is 2. The zero-order valence-corrected chi connectivity index (χ0v) is 14.4. The standard InChI is InChI=1S/C17H20ClFN4O/c1-10-8-23(9-11(2)20-10)22-17(24)6-12-5-16(18)21-15-4-3-13(19)7-14(12)15/h3-5,7,10-11,20H,6,8-9H2,1-2H3,(H,22,24)/t10-,11+. The Kier molecular flexibility index (Phi) is 4.99. The molecule has 2 heterocycles. The summed E-state index contributed by atoms with van der Waals surface area (Å²) in [6.07, 6.45) is 0.120. The van der Waals surface area contributed by atoms with E-state index in [-0.39, 0.29) is 18.1 Å². The smallest absolute Gasteiger partial charge is 0.238 e. The van der Waals surface area contributed by atoms with Gasteiger partial charge in [-0.15, -0.1) is 0 Å². The van der Waals surface area contributed by atoms with Crippen LogP contribution in [0.25, 0.3) is 10.9 Å². The van der Waals surface area contributed by atoms with Crippen LogP contribution in [0, 0.1) is 5.82 Å². The number of hydrazine groups is 1. The average molecular weight is 351 g/mol. The molecule has 24 heavy (non-hydrogen) atoms. The number of pyridine rings is 1. The number of nitrogens with zero attached hydrogens (tertiary/aromatic N) is 2. The van der Waals surface area contributed by atoms with Gasteiger partial charge in [0.25, 0.3) is 0 Å². The van der Waals surface area contributed by atoms with Gasteiger partial charge in [0.2, 0.25) is 5.91 Å². The van der Waals surface area contributed by atoms with Crippen LogP contribution < -0.4 is 10.7 Å². The number of benzene rings is 1. The van der Waals surface area contributed by atoms with Gasteiger partial charge in [0, 0.05) is 30.6 Å². The van der Waals surface area contributed by atoms with E-state index in [1.165, 1.54) is 12.1 Å². The van der Waals surface area contributed by atoms with Crippen molar-refractivity contribution in [3.63, 3.8) is 0 Å². The predicted molar refractivity (Wildman–Crippen MR) is 92.2 cm³/mol. The molecule has 1 saturated heterocycles. The van der Waals surface area contributed by atoms with Crippen LogP contribution in [0.4, 0.5) is 4.39 Å². The molecule has 2 atom stereocenters. The summed E-state index contributed by atoms with van der Waals surface area (Å²) < 4.78 is 13.5. The van der Waals surface area contributed by atoms with E-state index in [9.17, 15) is 9.18 Å². The van der Waals surface area contributed by atoms with Crippen molar-refractivity contribution in [2.24, 2.45) is 0 Å². The summed E-state index contributed by atoms with van der Waals surface area (Å²) in [5, 5.41) is 6.23. The Morgan fingerprint density at radius 3 is 2.79 bits per heavy atom. The second-order valence-electron chi connectivity index (χ2n) is 6.35. The van der Waals surface area contributed by atoms with Crippen LogP contribution >= 0.6 is 11.6 Å². The molecule has 0 unspecified atom stereocenters. The SMILES string of the molecule is C[C@@H]1CN(NC(=O)Cc2cc(Cl)nc3ccc(F)cc23)C[C@H](C)N1. The first-order chi connectivity index (χ1) is 11.4. The lowest BCUT2D eigenvalue weighted by atomic mass is 10.1. The first kappa shape index (κ1) is 17.1. The monoisotopic (exact) mass is 350 g/mol. The van der Waals surface area contributed by atoms with Crippen LogP contribution in [0.3, 0.4) is 0 Å². The number of carbonyl (C=O) groups is 1. The number of halogens is 2.